The van der Waals surface area contributed by atoms with Gasteiger partial charge in [-0.2, -0.15) is 0 Å². The van der Waals surface area contributed by atoms with Gasteiger partial charge in [-0.15, -0.1) is 0 Å². The highest BCUT2D eigenvalue weighted by atomic mass is 15.3. The number of hydrogen-bond donors (Lipinski definition) is 4. The van der Waals surface area contributed by atoms with Crippen LogP contribution < -0.4 is 22.9 Å². The second-order valence-electron chi connectivity index (χ2n) is 2.87. The molecule has 6 heteroatoms. The molecular weight excluding hydrogens is 168 g/mol. The largest absolute Gasteiger partial charge is 0.329 e. The van der Waals surface area contributed by atoms with E-state index >= 15 is 0 Å². The summed E-state index contributed by atoms with van der Waals surface area (Å²) >= 11 is 0. The molecule has 0 atom stereocenters. The SMILES string of the molecule is NCCN(CN)CN(CN)CCN. The summed E-state index contributed by atoms with van der Waals surface area (Å²) in [5.74, 6) is 0. The van der Waals surface area contributed by atoms with E-state index in [1.54, 1.807) is 0 Å². The van der Waals surface area contributed by atoms with Crippen molar-refractivity contribution in [2.24, 2.45) is 22.9 Å². The molecule has 0 saturated heterocycles. The first-order valence-corrected chi connectivity index (χ1v) is 4.53. The van der Waals surface area contributed by atoms with Crippen molar-refractivity contribution in [3.63, 3.8) is 0 Å². The first kappa shape index (κ1) is 12.8. The van der Waals surface area contributed by atoms with Crippen LogP contribution in [0.1, 0.15) is 0 Å². The Hall–Kier alpha value is -0.240. The van der Waals surface area contributed by atoms with Crippen LogP contribution in [0.25, 0.3) is 0 Å². The van der Waals surface area contributed by atoms with Crippen LogP contribution in [0.15, 0.2) is 0 Å². The Morgan fingerprint density at radius 3 is 1.31 bits per heavy atom. The Morgan fingerprint density at radius 1 is 0.692 bits per heavy atom. The predicted molar refractivity (Wildman–Crippen MR) is 54.5 cm³/mol. The smallest absolute Gasteiger partial charge is 0.0530 e. The van der Waals surface area contributed by atoms with Gasteiger partial charge in [0.1, 0.15) is 0 Å². The van der Waals surface area contributed by atoms with E-state index in [4.69, 9.17) is 22.9 Å². The van der Waals surface area contributed by atoms with Crippen molar-refractivity contribution >= 4 is 0 Å². The van der Waals surface area contributed by atoms with Crippen LogP contribution >= 0.6 is 0 Å². The van der Waals surface area contributed by atoms with Gasteiger partial charge in [0.25, 0.3) is 0 Å². The van der Waals surface area contributed by atoms with E-state index in [9.17, 15) is 0 Å². The Balaban J connectivity index is 3.73. The molecule has 0 spiro atoms. The zero-order valence-electron chi connectivity index (χ0n) is 8.15. The van der Waals surface area contributed by atoms with E-state index in [0.29, 0.717) is 26.4 Å². The Morgan fingerprint density at radius 2 is 1.08 bits per heavy atom. The molecule has 0 unspecified atom stereocenters. The standard InChI is InChI=1S/C7H22N6/c8-1-3-12(5-10)7-13(6-11)4-2-9/h1-11H2. The van der Waals surface area contributed by atoms with Crippen molar-refractivity contribution in [3.8, 4) is 0 Å². The van der Waals surface area contributed by atoms with Gasteiger partial charge in [-0.25, -0.2) is 0 Å². The number of nitrogens with two attached hydrogens (primary N) is 4. The second-order valence-corrected chi connectivity index (χ2v) is 2.87. The van der Waals surface area contributed by atoms with Crippen molar-refractivity contribution < 1.29 is 0 Å². The van der Waals surface area contributed by atoms with Crippen molar-refractivity contribution in [2.45, 2.75) is 0 Å². The first-order chi connectivity index (χ1) is 6.28. The summed E-state index contributed by atoms with van der Waals surface area (Å²) in [6.45, 7) is 4.53. The fraction of sp³-hybridized carbons (Fsp3) is 1.00. The van der Waals surface area contributed by atoms with Gasteiger partial charge in [-0.05, 0) is 0 Å². The molecule has 13 heavy (non-hydrogen) atoms. The molecule has 6 nitrogen and oxygen atoms in total. The average Bonchev–Trinajstić information content (AvgIpc) is 2.16. The number of hydrogen-bond acceptors (Lipinski definition) is 6. The van der Waals surface area contributed by atoms with Crippen LogP contribution in [0, 0.1) is 0 Å². The van der Waals surface area contributed by atoms with Crippen LogP contribution in [0.3, 0.4) is 0 Å². The summed E-state index contributed by atoms with van der Waals surface area (Å²) in [5.41, 5.74) is 21.9. The van der Waals surface area contributed by atoms with Gasteiger partial charge >= 0.3 is 0 Å². The highest BCUT2D eigenvalue weighted by molar-refractivity contribution is 4.58. The summed E-state index contributed by atoms with van der Waals surface area (Å²) in [5, 5.41) is 0. The topological polar surface area (TPSA) is 111 Å². The molecule has 0 aromatic heterocycles. The van der Waals surface area contributed by atoms with E-state index in [1.165, 1.54) is 0 Å². The van der Waals surface area contributed by atoms with Gasteiger partial charge in [-0.3, -0.25) is 9.80 Å². The third kappa shape index (κ3) is 5.92. The van der Waals surface area contributed by atoms with E-state index in [2.05, 4.69) is 0 Å². The number of rotatable bonds is 8. The average molecular weight is 190 g/mol. The van der Waals surface area contributed by atoms with Crippen molar-refractivity contribution in [1.29, 1.82) is 0 Å². The minimum Gasteiger partial charge on any atom is -0.329 e. The fourth-order valence-corrected chi connectivity index (χ4v) is 1.09. The lowest BCUT2D eigenvalue weighted by molar-refractivity contribution is 0.141. The highest BCUT2D eigenvalue weighted by Gasteiger charge is 2.06. The predicted octanol–water partition coefficient (Wildman–Crippen LogP) is -2.70. The molecule has 0 aliphatic heterocycles. The van der Waals surface area contributed by atoms with E-state index in [1.807, 2.05) is 9.80 Å². The fourth-order valence-electron chi connectivity index (χ4n) is 1.09. The molecule has 0 aliphatic rings. The summed E-state index contributed by atoms with van der Waals surface area (Å²) in [7, 11) is 0. The molecule has 0 aliphatic carbocycles. The van der Waals surface area contributed by atoms with Crippen molar-refractivity contribution in [1.82, 2.24) is 9.80 Å². The van der Waals surface area contributed by atoms with E-state index < -0.39 is 0 Å². The van der Waals surface area contributed by atoms with Crippen LogP contribution in [-0.2, 0) is 0 Å². The summed E-state index contributed by atoms with van der Waals surface area (Å²) in [6, 6.07) is 0. The molecule has 0 heterocycles. The summed E-state index contributed by atoms with van der Waals surface area (Å²) in [6.07, 6.45) is 0. The zero-order chi connectivity index (χ0) is 10.1. The number of nitrogens with zero attached hydrogens (tertiary/aromatic N) is 2. The third-order valence-corrected chi connectivity index (χ3v) is 1.81. The van der Waals surface area contributed by atoms with Gasteiger partial charge in [0, 0.05) is 39.5 Å². The quantitative estimate of drug-likeness (QED) is 0.310. The van der Waals surface area contributed by atoms with Gasteiger partial charge in [0.05, 0.1) is 6.67 Å². The van der Waals surface area contributed by atoms with Crippen LogP contribution in [0.2, 0.25) is 0 Å². The molecule has 8 N–H and O–H groups in total. The molecule has 0 aromatic rings. The van der Waals surface area contributed by atoms with Gasteiger partial charge < -0.3 is 22.9 Å². The van der Waals surface area contributed by atoms with E-state index in [0.717, 1.165) is 19.8 Å². The molecule has 0 aromatic carbocycles. The van der Waals surface area contributed by atoms with Crippen LogP contribution in [-0.4, -0.2) is 56.0 Å². The third-order valence-electron chi connectivity index (χ3n) is 1.81. The molecule has 80 valence electrons. The van der Waals surface area contributed by atoms with Gasteiger partial charge in [0.2, 0.25) is 0 Å². The molecule has 0 bridgehead atoms. The summed E-state index contributed by atoms with van der Waals surface area (Å²) < 4.78 is 0. The maximum Gasteiger partial charge on any atom is 0.0530 e. The zero-order valence-corrected chi connectivity index (χ0v) is 8.15. The Labute approximate surface area is 79.8 Å². The highest BCUT2D eigenvalue weighted by Crippen LogP contribution is 1.89. The monoisotopic (exact) mass is 190 g/mol. The minimum absolute atomic E-state index is 0.498. The van der Waals surface area contributed by atoms with Crippen LogP contribution in [0.5, 0.6) is 0 Å². The normalized spacial score (nSPS) is 11.5. The molecule has 0 rings (SSSR count). The lowest BCUT2D eigenvalue weighted by atomic mass is 10.5. The molecule has 0 amide bonds. The van der Waals surface area contributed by atoms with E-state index in [-0.39, 0.29) is 0 Å². The minimum atomic E-state index is 0.498. The molecular formula is C7H22N6. The molecule has 0 saturated carbocycles. The molecule has 0 radical (unpaired) electrons. The lowest BCUT2D eigenvalue weighted by Gasteiger charge is -2.27. The van der Waals surface area contributed by atoms with Gasteiger partial charge in [0.15, 0.2) is 0 Å². The van der Waals surface area contributed by atoms with Gasteiger partial charge in [-0.1, -0.05) is 0 Å². The van der Waals surface area contributed by atoms with Crippen LogP contribution in [0.4, 0.5) is 0 Å². The second kappa shape index (κ2) is 8.36. The Kier molecular flexibility index (Phi) is 8.21. The summed E-state index contributed by atoms with van der Waals surface area (Å²) in [4.78, 5) is 4.06. The maximum absolute atomic E-state index is 5.53. The van der Waals surface area contributed by atoms with Crippen molar-refractivity contribution in [3.05, 3.63) is 0 Å². The maximum atomic E-state index is 5.53. The van der Waals surface area contributed by atoms with Crippen molar-refractivity contribution in [2.75, 3.05) is 46.2 Å². The first-order valence-electron chi connectivity index (χ1n) is 4.53. The Bertz CT molecular complexity index is 97.2. The lowest BCUT2D eigenvalue weighted by Crippen LogP contribution is -2.46. The molecule has 0 fully saturated rings.